The Morgan fingerprint density at radius 1 is 1.33 bits per heavy atom. The van der Waals surface area contributed by atoms with E-state index in [1.807, 2.05) is 0 Å². The molecule has 0 aliphatic carbocycles. The van der Waals surface area contributed by atoms with Gasteiger partial charge in [-0.2, -0.15) is 0 Å². The minimum atomic E-state index is -3.13. The molecule has 4 N–H and O–H groups in total. The molecule has 0 unspecified atom stereocenters. The summed E-state index contributed by atoms with van der Waals surface area (Å²) in [5, 5.41) is 0. The Labute approximate surface area is 57.7 Å². The van der Waals surface area contributed by atoms with Crippen molar-refractivity contribution in [3.63, 3.8) is 0 Å². The third-order valence-electron chi connectivity index (χ3n) is 0. The Hall–Kier alpha value is 1.11. The summed E-state index contributed by atoms with van der Waals surface area (Å²) in [6.45, 7) is 0. The predicted molar refractivity (Wildman–Crippen MR) is 24.2 cm³/mol. The topological polar surface area (TPSA) is 89.0 Å². The molecular formula is H6NaO4P. The first-order chi connectivity index (χ1) is 1.73. The van der Waals surface area contributed by atoms with E-state index in [0.29, 0.717) is 0 Å². The molecule has 0 heterocycles. The second kappa shape index (κ2) is 9.44. The van der Waals surface area contributed by atoms with Gasteiger partial charge in [-0.05, 0) is 0 Å². The van der Waals surface area contributed by atoms with Crippen molar-refractivity contribution >= 4 is 37.8 Å². The average Bonchev–Trinajstić information content (AvgIpc) is 0.811. The zero-order chi connectivity index (χ0) is 3.58. The van der Waals surface area contributed by atoms with Crippen LogP contribution in [0.2, 0.25) is 0 Å². The minimum absolute atomic E-state index is 0. The van der Waals surface area contributed by atoms with Crippen LogP contribution in [0.4, 0.5) is 0 Å². The van der Waals surface area contributed by atoms with Gasteiger partial charge in [0.2, 0.25) is 0 Å². The first-order valence-corrected chi connectivity index (χ1v) is 1.95. The van der Waals surface area contributed by atoms with Gasteiger partial charge in [0.15, 0.2) is 0 Å². The van der Waals surface area contributed by atoms with Gasteiger partial charge >= 0.3 is 37.8 Å². The molecule has 0 saturated carbocycles. The molecule has 0 aromatic carbocycles. The molecule has 0 fully saturated rings. The predicted octanol–water partition coefficient (Wildman–Crippen LogP) is -2.11. The molecule has 0 saturated heterocycles. The Bertz CT molecular complexity index is 30.5. The molecule has 0 aromatic heterocycles. The molecule has 0 aliphatic heterocycles. The summed E-state index contributed by atoms with van der Waals surface area (Å²) in [5.41, 5.74) is 0. The molecule has 0 rings (SSSR count). The van der Waals surface area contributed by atoms with Crippen molar-refractivity contribution in [2.24, 2.45) is 0 Å². The van der Waals surface area contributed by atoms with E-state index in [1.54, 1.807) is 0 Å². The van der Waals surface area contributed by atoms with Crippen LogP contribution < -0.4 is 0 Å². The van der Waals surface area contributed by atoms with Crippen LogP contribution in [0.25, 0.3) is 0 Å². The fraction of sp³-hybridized carbons (Fsp3) is 0. The van der Waals surface area contributed by atoms with Crippen LogP contribution in [0.1, 0.15) is 0 Å². The van der Waals surface area contributed by atoms with Gasteiger partial charge in [-0.25, -0.2) is 0 Å². The molecule has 6 heavy (non-hydrogen) atoms. The van der Waals surface area contributed by atoms with Crippen LogP contribution in [-0.2, 0) is 4.57 Å². The van der Waals surface area contributed by atoms with Gasteiger partial charge in [0.25, 0.3) is 0 Å². The van der Waals surface area contributed by atoms with Crippen molar-refractivity contribution in [1.82, 2.24) is 0 Å². The summed E-state index contributed by atoms with van der Waals surface area (Å²) < 4.78 is 8.74. The van der Waals surface area contributed by atoms with Crippen LogP contribution in [0.3, 0.4) is 0 Å². The maximum atomic E-state index is 8.74. The van der Waals surface area contributed by atoms with E-state index >= 15 is 0 Å². The van der Waals surface area contributed by atoms with E-state index in [4.69, 9.17) is 14.4 Å². The van der Waals surface area contributed by atoms with Gasteiger partial charge in [0, 0.05) is 0 Å². The summed E-state index contributed by atoms with van der Waals surface area (Å²) in [7, 11) is -3.13. The summed E-state index contributed by atoms with van der Waals surface area (Å²) in [5.74, 6) is 0. The maximum absolute atomic E-state index is 8.74. The van der Waals surface area contributed by atoms with Crippen molar-refractivity contribution < 1.29 is 19.8 Å². The first kappa shape index (κ1) is 15.7. The second-order valence-corrected chi connectivity index (χ2v) is 0.848. The van der Waals surface area contributed by atoms with E-state index < -0.39 is 8.25 Å². The normalized spacial score (nSPS) is 5.83. The number of hydrogen-bond donors (Lipinski definition) is 2. The molecule has 0 bridgehead atoms. The van der Waals surface area contributed by atoms with Crippen molar-refractivity contribution in [3.8, 4) is 0 Å². The fourth-order valence-electron chi connectivity index (χ4n) is 0. The fourth-order valence-corrected chi connectivity index (χ4v) is 0. The molecule has 0 amide bonds. The first-order valence-electron chi connectivity index (χ1n) is 0.651. The van der Waals surface area contributed by atoms with E-state index in [9.17, 15) is 0 Å². The zero-order valence-corrected chi connectivity index (χ0v) is 3.30. The SMILES string of the molecule is O.O=[PH](O)O.[NaH]. The molecule has 0 aromatic rings. The molecule has 0 atom stereocenters. The molecule has 6 heteroatoms. The summed E-state index contributed by atoms with van der Waals surface area (Å²) in [4.78, 5) is 14.3. The van der Waals surface area contributed by atoms with Gasteiger partial charge in [-0.15, -0.1) is 0 Å². The van der Waals surface area contributed by atoms with Crippen molar-refractivity contribution in [1.29, 1.82) is 0 Å². The van der Waals surface area contributed by atoms with Crippen LogP contribution >= 0.6 is 8.25 Å². The molecule has 0 radical (unpaired) electrons. The Balaban J connectivity index is -0.0000000450. The second-order valence-electron chi connectivity index (χ2n) is 0.283. The van der Waals surface area contributed by atoms with Crippen LogP contribution in [0, 0.1) is 0 Å². The quantitative estimate of drug-likeness (QED) is 0.286. The molecule has 0 spiro atoms. The third kappa shape index (κ3) is 70.1. The van der Waals surface area contributed by atoms with Crippen molar-refractivity contribution in [3.05, 3.63) is 0 Å². The average molecular weight is 124 g/mol. The van der Waals surface area contributed by atoms with E-state index in [2.05, 4.69) is 0 Å². The third-order valence-corrected chi connectivity index (χ3v) is 0. The molecular weight excluding hydrogens is 118 g/mol. The van der Waals surface area contributed by atoms with Crippen LogP contribution in [0.5, 0.6) is 0 Å². The Morgan fingerprint density at radius 3 is 1.33 bits per heavy atom. The van der Waals surface area contributed by atoms with Gasteiger partial charge in [0.1, 0.15) is 0 Å². The Kier molecular flexibility index (Phi) is 24.7. The summed E-state index contributed by atoms with van der Waals surface area (Å²) >= 11 is 0. The van der Waals surface area contributed by atoms with Crippen molar-refractivity contribution in [2.75, 3.05) is 0 Å². The molecule has 4 nitrogen and oxygen atoms in total. The van der Waals surface area contributed by atoms with Gasteiger partial charge in [-0.1, -0.05) is 0 Å². The summed E-state index contributed by atoms with van der Waals surface area (Å²) in [6, 6.07) is 0. The van der Waals surface area contributed by atoms with Crippen LogP contribution in [-0.4, -0.2) is 44.8 Å². The van der Waals surface area contributed by atoms with E-state index in [0.717, 1.165) is 0 Å². The van der Waals surface area contributed by atoms with Gasteiger partial charge < -0.3 is 15.3 Å². The van der Waals surface area contributed by atoms with Gasteiger partial charge in [0.05, 0.1) is 0 Å². The van der Waals surface area contributed by atoms with Crippen molar-refractivity contribution in [2.45, 2.75) is 0 Å². The van der Waals surface area contributed by atoms with E-state index in [1.165, 1.54) is 0 Å². The Morgan fingerprint density at radius 2 is 1.33 bits per heavy atom. The standard InChI is InChI=1S/Na.H3O3P.H2O.H/c;1-4(2)3;;/h;4H,(H2,1,2,3);1H2;. The van der Waals surface area contributed by atoms with E-state index in [-0.39, 0.29) is 35.0 Å². The van der Waals surface area contributed by atoms with Gasteiger partial charge in [-0.3, -0.25) is 4.57 Å². The number of rotatable bonds is 0. The van der Waals surface area contributed by atoms with Crippen LogP contribution in [0.15, 0.2) is 0 Å². The summed E-state index contributed by atoms with van der Waals surface area (Å²) in [6.07, 6.45) is 0. The monoisotopic (exact) mass is 124 g/mol. The number of hydrogen-bond acceptors (Lipinski definition) is 1. The molecule has 0 aliphatic rings. The zero-order valence-electron chi connectivity index (χ0n) is 2.30. The molecule has 36 valence electrons.